The van der Waals surface area contributed by atoms with Crippen molar-refractivity contribution in [1.29, 1.82) is 0 Å². The predicted octanol–water partition coefficient (Wildman–Crippen LogP) is 1.79. The maximum atomic E-state index is 12.0. The van der Waals surface area contributed by atoms with Crippen LogP contribution in [0.5, 0.6) is 5.75 Å². The molecule has 0 radical (unpaired) electrons. The zero-order chi connectivity index (χ0) is 14.1. The smallest absolute Gasteiger partial charge is 0.223 e. The molecule has 0 heterocycles. The van der Waals surface area contributed by atoms with Gasteiger partial charge in [-0.1, -0.05) is 12.1 Å². The summed E-state index contributed by atoms with van der Waals surface area (Å²) in [7, 11) is 1.67. The molecule has 0 aliphatic heterocycles. The Bertz CT molecular complexity index is 474. The van der Waals surface area contributed by atoms with Gasteiger partial charge in [0.2, 0.25) is 5.91 Å². The number of methoxy groups -OCH3 is 1. The van der Waals surface area contributed by atoms with Gasteiger partial charge in [0.1, 0.15) is 5.75 Å². The molecule has 2 saturated carbocycles. The lowest BCUT2D eigenvalue weighted by Gasteiger charge is -2.38. The van der Waals surface area contributed by atoms with Crippen LogP contribution in [0.1, 0.15) is 37.2 Å². The maximum Gasteiger partial charge on any atom is 0.223 e. The van der Waals surface area contributed by atoms with Gasteiger partial charge in [0.25, 0.3) is 0 Å². The van der Waals surface area contributed by atoms with Crippen LogP contribution in [0.4, 0.5) is 0 Å². The number of carbonyl (C=O) groups excluding carboxylic acids is 1. The van der Waals surface area contributed by atoms with Gasteiger partial charge in [-0.2, -0.15) is 0 Å². The molecule has 20 heavy (non-hydrogen) atoms. The predicted molar refractivity (Wildman–Crippen MR) is 77.6 cm³/mol. The molecule has 0 atom stereocenters. The number of nitrogens with one attached hydrogen (secondary N) is 1. The molecule has 4 heteroatoms. The molecule has 108 valence electrons. The standard InChI is InChI=1S/C16H22N2O2/c1-20-15-4-2-10(3-5-15)11-6-12(7-11)16(19)18-14-8-13(17)9-14/h2-5,11-14H,6-9,17H2,1H3,(H,18,19). The lowest BCUT2D eigenvalue weighted by molar-refractivity contribution is -0.129. The van der Waals surface area contributed by atoms with Gasteiger partial charge in [0.05, 0.1) is 7.11 Å². The topological polar surface area (TPSA) is 64.3 Å². The minimum Gasteiger partial charge on any atom is -0.497 e. The van der Waals surface area contributed by atoms with Crippen LogP contribution in [0.25, 0.3) is 0 Å². The van der Waals surface area contributed by atoms with Gasteiger partial charge in [0, 0.05) is 18.0 Å². The summed E-state index contributed by atoms with van der Waals surface area (Å²) in [5, 5.41) is 3.10. The molecule has 0 bridgehead atoms. The van der Waals surface area contributed by atoms with Crippen LogP contribution in [-0.4, -0.2) is 25.1 Å². The van der Waals surface area contributed by atoms with Gasteiger partial charge in [0.15, 0.2) is 0 Å². The van der Waals surface area contributed by atoms with Gasteiger partial charge in [-0.05, 0) is 49.3 Å². The summed E-state index contributed by atoms with van der Waals surface area (Å²) in [6, 6.07) is 8.77. The quantitative estimate of drug-likeness (QED) is 0.880. The zero-order valence-electron chi connectivity index (χ0n) is 11.8. The number of ether oxygens (including phenoxy) is 1. The molecule has 1 aromatic rings. The molecule has 1 aromatic carbocycles. The van der Waals surface area contributed by atoms with E-state index in [1.165, 1.54) is 5.56 Å². The summed E-state index contributed by atoms with van der Waals surface area (Å²) in [5.41, 5.74) is 7.03. The van der Waals surface area contributed by atoms with E-state index in [0.717, 1.165) is 31.4 Å². The zero-order valence-corrected chi connectivity index (χ0v) is 11.8. The Morgan fingerprint density at radius 1 is 1.20 bits per heavy atom. The Labute approximate surface area is 119 Å². The van der Waals surface area contributed by atoms with E-state index in [1.54, 1.807) is 7.11 Å². The van der Waals surface area contributed by atoms with Crippen LogP contribution in [0.2, 0.25) is 0 Å². The first kappa shape index (κ1) is 13.4. The van der Waals surface area contributed by atoms with E-state index in [9.17, 15) is 4.79 Å². The highest BCUT2D eigenvalue weighted by molar-refractivity contribution is 5.80. The van der Waals surface area contributed by atoms with E-state index >= 15 is 0 Å². The Hall–Kier alpha value is -1.55. The average molecular weight is 274 g/mol. The summed E-state index contributed by atoms with van der Waals surface area (Å²) in [6.45, 7) is 0. The first-order valence-electron chi connectivity index (χ1n) is 7.35. The van der Waals surface area contributed by atoms with Crippen LogP contribution in [0.15, 0.2) is 24.3 Å². The van der Waals surface area contributed by atoms with E-state index < -0.39 is 0 Å². The molecule has 2 aliphatic rings. The first-order valence-corrected chi connectivity index (χ1v) is 7.35. The highest BCUT2D eigenvalue weighted by atomic mass is 16.5. The van der Waals surface area contributed by atoms with Crippen LogP contribution >= 0.6 is 0 Å². The summed E-state index contributed by atoms with van der Waals surface area (Å²) in [5.74, 6) is 1.79. The molecule has 0 aromatic heterocycles. The Morgan fingerprint density at radius 3 is 2.40 bits per heavy atom. The number of nitrogens with two attached hydrogens (primary N) is 1. The average Bonchev–Trinajstić information content (AvgIpc) is 2.36. The maximum absolute atomic E-state index is 12.0. The molecule has 1 amide bonds. The van der Waals surface area contributed by atoms with E-state index in [0.29, 0.717) is 12.0 Å². The molecular weight excluding hydrogens is 252 g/mol. The van der Waals surface area contributed by atoms with Crippen molar-refractivity contribution in [2.24, 2.45) is 11.7 Å². The molecule has 3 N–H and O–H groups in total. The van der Waals surface area contributed by atoms with E-state index in [4.69, 9.17) is 10.5 Å². The van der Waals surface area contributed by atoms with Crippen LogP contribution < -0.4 is 15.8 Å². The fraction of sp³-hybridized carbons (Fsp3) is 0.562. The van der Waals surface area contributed by atoms with Crippen molar-refractivity contribution in [2.75, 3.05) is 7.11 Å². The summed E-state index contributed by atoms with van der Waals surface area (Å²) >= 11 is 0. The second-order valence-electron chi connectivity index (χ2n) is 6.08. The molecular formula is C16H22N2O2. The second-order valence-corrected chi connectivity index (χ2v) is 6.08. The number of hydrogen-bond acceptors (Lipinski definition) is 3. The molecule has 0 saturated heterocycles. The lowest BCUT2D eigenvalue weighted by atomic mass is 9.70. The number of benzene rings is 1. The lowest BCUT2D eigenvalue weighted by Crippen LogP contribution is -2.52. The summed E-state index contributed by atoms with van der Waals surface area (Å²) in [6.07, 6.45) is 3.77. The molecule has 2 aliphatic carbocycles. The SMILES string of the molecule is COc1ccc(C2CC(C(=O)NC3CC(N)C3)C2)cc1. The third-order valence-electron chi connectivity index (χ3n) is 4.62. The fourth-order valence-corrected chi connectivity index (χ4v) is 3.08. The minimum atomic E-state index is 0.180. The van der Waals surface area contributed by atoms with Crippen molar-refractivity contribution in [2.45, 2.75) is 43.7 Å². The van der Waals surface area contributed by atoms with Gasteiger partial charge in [-0.25, -0.2) is 0 Å². The third kappa shape index (κ3) is 2.66. The molecule has 3 rings (SSSR count). The van der Waals surface area contributed by atoms with Crippen LogP contribution in [-0.2, 0) is 4.79 Å². The minimum absolute atomic E-state index is 0.180. The normalized spacial score (nSPS) is 31.9. The molecule has 4 nitrogen and oxygen atoms in total. The number of amides is 1. The summed E-state index contributed by atoms with van der Waals surface area (Å²) < 4.78 is 5.16. The summed E-state index contributed by atoms with van der Waals surface area (Å²) in [4.78, 5) is 12.0. The van der Waals surface area contributed by atoms with Crippen molar-refractivity contribution in [3.63, 3.8) is 0 Å². The van der Waals surface area contributed by atoms with Crippen molar-refractivity contribution in [1.82, 2.24) is 5.32 Å². The van der Waals surface area contributed by atoms with Crippen molar-refractivity contribution in [3.05, 3.63) is 29.8 Å². The van der Waals surface area contributed by atoms with Crippen molar-refractivity contribution in [3.8, 4) is 5.75 Å². The highest BCUT2D eigenvalue weighted by Gasteiger charge is 2.37. The van der Waals surface area contributed by atoms with Crippen molar-refractivity contribution >= 4 is 5.91 Å². The Kier molecular flexibility index (Phi) is 3.66. The van der Waals surface area contributed by atoms with Crippen molar-refractivity contribution < 1.29 is 9.53 Å². The monoisotopic (exact) mass is 274 g/mol. The van der Waals surface area contributed by atoms with Gasteiger partial charge < -0.3 is 15.8 Å². The van der Waals surface area contributed by atoms with E-state index in [-0.39, 0.29) is 17.9 Å². The Balaban J connectivity index is 1.46. The van der Waals surface area contributed by atoms with E-state index in [2.05, 4.69) is 17.4 Å². The van der Waals surface area contributed by atoms with Crippen LogP contribution in [0.3, 0.4) is 0 Å². The largest absolute Gasteiger partial charge is 0.497 e. The number of carbonyl (C=O) groups is 1. The second kappa shape index (κ2) is 5.44. The molecule has 2 fully saturated rings. The highest BCUT2D eigenvalue weighted by Crippen LogP contribution is 2.42. The van der Waals surface area contributed by atoms with Gasteiger partial charge >= 0.3 is 0 Å². The fourth-order valence-electron chi connectivity index (χ4n) is 3.08. The molecule has 0 spiro atoms. The third-order valence-corrected chi connectivity index (χ3v) is 4.62. The van der Waals surface area contributed by atoms with Crippen LogP contribution in [0, 0.1) is 5.92 Å². The Morgan fingerprint density at radius 2 is 1.85 bits per heavy atom. The number of hydrogen-bond donors (Lipinski definition) is 2. The molecule has 0 unspecified atom stereocenters. The number of rotatable bonds is 4. The van der Waals surface area contributed by atoms with Gasteiger partial charge in [-0.3, -0.25) is 4.79 Å². The first-order chi connectivity index (χ1) is 9.65. The van der Waals surface area contributed by atoms with E-state index in [1.807, 2.05) is 12.1 Å². The van der Waals surface area contributed by atoms with Gasteiger partial charge in [-0.15, -0.1) is 0 Å².